The second-order valence-corrected chi connectivity index (χ2v) is 5.32. The van der Waals surface area contributed by atoms with Gasteiger partial charge >= 0.3 is 0 Å². The van der Waals surface area contributed by atoms with E-state index in [1.54, 1.807) is 0 Å². The number of likely N-dealkylation sites (tertiary alicyclic amines) is 1. The molecule has 0 amide bonds. The van der Waals surface area contributed by atoms with Crippen molar-refractivity contribution >= 4 is 5.82 Å². The summed E-state index contributed by atoms with van der Waals surface area (Å²) in [6.45, 7) is 5.14. The number of hydrogen-bond donors (Lipinski definition) is 1. The van der Waals surface area contributed by atoms with Crippen molar-refractivity contribution in [3.63, 3.8) is 0 Å². The Kier molecular flexibility index (Phi) is 3.25. The Balaban J connectivity index is 1.66. The van der Waals surface area contributed by atoms with Crippen molar-refractivity contribution in [3.8, 4) is 0 Å². The molecule has 3 rings (SSSR count). The third kappa shape index (κ3) is 2.63. The summed E-state index contributed by atoms with van der Waals surface area (Å²) in [4.78, 5) is 2.47. The van der Waals surface area contributed by atoms with Crippen LogP contribution in [-0.4, -0.2) is 27.8 Å². The number of nitrogen functional groups attached to an aromatic ring is 1. The summed E-state index contributed by atoms with van der Waals surface area (Å²) in [5.41, 5.74) is 8.37. The van der Waals surface area contributed by atoms with Gasteiger partial charge in [-0.1, -0.05) is 30.3 Å². The average molecular weight is 256 g/mol. The first-order valence-electron chi connectivity index (χ1n) is 6.80. The molecule has 4 nitrogen and oxygen atoms in total. The van der Waals surface area contributed by atoms with Crippen LogP contribution in [-0.2, 0) is 6.54 Å². The van der Waals surface area contributed by atoms with Crippen LogP contribution >= 0.6 is 0 Å². The fraction of sp³-hybridized carbons (Fsp3) is 0.400. The van der Waals surface area contributed by atoms with Gasteiger partial charge in [-0.25, -0.2) is 4.68 Å². The smallest absolute Gasteiger partial charge is 0.122 e. The third-order valence-corrected chi connectivity index (χ3v) is 3.73. The molecule has 2 heterocycles. The number of anilines is 1. The van der Waals surface area contributed by atoms with Gasteiger partial charge in [-0.2, -0.15) is 5.10 Å². The molecule has 4 heteroatoms. The summed E-state index contributed by atoms with van der Waals surface area (Å²) in [6, 6.07) is 13.0. The highest BCUT2D eigenvalue weighted by atomic mass is 15.4. The summed E-state index contributed by atoms with van der Waals surface area (Å²) in [6.07, 6.45) is 1.12. The standard InChI is InChI=1S/C15H20N4/c1-12-9-15(16)19(17-12)14-7-8-18(11-14)10-13-5-3-2-4-6-13/h2-6,9,14H,7-8,10-11,16H2,1H3. The number of nitrogens with zero attached hydrogens (tertiary/aromatic N) is 3. The summed E-state index contributed by atoms with van der Waals surface area (Å²) in [5.74, 6) is 0.782. The first kappa shape index (κ1) is 12.2. The molecule has 1 aromatic heterocycles. The third-order valence-electron chi connectivity index (χ3n) is 3.73. The summed E-state index contributed by atoms with van der Waals surface area (Å²) >= 11 is 0. The molecular weight excluding hydrogens is 236 g/mol. The number of aryl methyl sites for hydroxylation is 1. The van der Waals surface area contributed by atoms with Crippen molar-refractivity contribution in [2.75, 3.05) is 18.8 Å². The Bertz CT molecular complexity index is 547. The van der Waals surface area contributed by atoms with Crippen molar-refractivity contribution in [2.45, 2.75) is 25.9 Å². The van der Waals surface area contributed by atoms with Crippen LogP contribution in [0, 0.1) is 6.92 Å². The predicted molar refractivity (Wildman–Crippen MR) is 76.7 cm³/mol. The monoisotopic (exact) mass is 256 g/mol. The van der Waals surface area contributed by atoms with Crippen LogP contribution in [0.5, 0.6) is 0 Å². The quantitative estimate of drug-likeness (QED) is 0.916. The Morgan fingerprint density at radius 3 is 2.79 bits per heavy atom. The normalized spacial score (nSPS) is 19.9. The van der Waals surface area contributed by atoms with Crippen molar-refractivity contribution in [2.24, 2.45) is 0 Å². The Labute approximate surface area is 113 Å². The van der Waals surface area contributed by atoms with Gasteiger partial charge < -0.3 is 5.73 Å². The predicted octanol–water partition coefficient (Wildman–Crippen LogP) is 2.22. The van der Waals surface area contributed by atoms with Crippen LogP contribution < -0.4 is 5.73 Å². The number of hydrogen-bond acceptors (Lipinski definition) is 3. The molecule has 0 saturated carbocycles. The van der Waals surface area contributed by atoms with E-state index >= 15 is 0 Å². The van der Waals surface area contributed by atoms with E-state index in [1.165, 1.54) is 5.56 Å². The molecule has 1 fully saturated rings. The topological polar surface area (TPSA) is 47.1 Å². The minimum atomic E-state index is 0.414. The van der Waals surface area contributed by atoms with Gasteiger partial charge in [-0.15, -0.1) is 0 Å². The highest BCUT2D eigenvalue weighted by Crippen LogP contribution is 2.25. The highest BCUT2D eigenvalue weighted by Gasteiger charge is 2.25. The van der Waals surface area contributed by atoms with Crippen molar-refractivity contribution < 1.29 is 0 Å². The lowest BCUT2D eigenvalue weighted by atomic mass is 10.2. The molecule has 1 aromatic carbocycles. The second kappa shape index (κ2) is 5.05. The minimum Gasteiger partial charge on any atom is -0.384 e. The molecule has 1 saturated heterocycles. The molecule has 0 bridgehead atoms. The summed E-state index contributed by atoms with van der Waals surface area (Å²) < 4.78 is 1.99. The van der Waals surface area contributed by atoms with Gasteiger partial charge in [0.2, 0.25) is 0 Å². The van der Waals surface area contributed by atoms with E-state index < -0.39 is 0 Å². The fourth-order valence-corrected chi connectivity index (χ4v) is 2.83. The number of benzene rings is 1. The van der Waals surface area contributed by atoms with Crippen molar-refractivity contribution in [1.29, 1.82) is 0 Å². The first-order valence-corrected chi connectivity index (χ1v) is 6.80. The summed E-state index contributed by atoms with van der Waals surface area (Å²) in [7, 11) is 0. The van der Waals surface area contributed by atoms with Crippen LogP contribution in [0.4, 0.5) is 5.82 Å². The van der Waals surface area contributed by atoms with Crippen LogP contribution in [0.1, 0.15) is 23.7 Å². The lowest BCUT2D eigenvalue weighted by Crippen LogP contribution is -2.22. The van der Waals surface area contributed by atoms with Gasteiger partial charge in [0.25, 0.3) is 0 Å². The van der Waals surface area contributed by atoms with E-state index in [1.807, 2.05) is 17.7 Å². The molecule has 1 aliphatic rings. The van der Waals surface area contributed by atoms with E-state index in [2.05, 4.69) is 40.3 Å². The lowest BCUT2D eigenvalue weighted by molar-refractivity contribution is 0.312. The van der Waals surface area contributed by atoms with E-state index in [-0.39, 0.29) is 0 Å². The maximum atomic E-state index is 6.00. The Morgan fingerprint density at radius 1 is 1.32 bits per heavy atom. The molecule has 100 valence electrons. The van der Waals surface area contributed by atoms with Crippen LogP contribution in [0.2, 0.25) is 0 Å². The molecule has 19 heavy (non-hydrogen) atoms. The first-order chi connectivity index (χ1) is 9.22. The molecule has 2 aromatic rings. The van der Waals surface area contributed by atoms with E-state index in [4.69, 9.17) is 5.73 Å². The SMILES string of the molecule is Cc1cc(N)n(C2CCN(Cc3ccccc3)C2)n1. The molecule has 0 radical (unpaired) electrons. The fourth-order valence-electron chi connectivity index (χ4n) is 2.83. The van der Waals surface area contributed by atoms with Crippen molar-refractivity contribution in [1.82, 2.24) is 14.7 Å². The molecule has 0 spiro atoms. The van der Waals surface area contributed by atoms with Gasteiger partial charge in [0.1, 0.15) is 5.82 Å². The second-order valence-electron chi connectivity index (χ2n) is 5.32. The zero-order valence-corrected chi connectivity index (χ0v) is 11.3. The maximum absolute atomic E-state index is 6.00. The van der Waals surface area contributed by atoms with Crippen molar-refractivity contribution in [3.05, 3.63) is 47.7 Å². The van der Waals surface area contributed by atoms with Crippen LogP contribution in [0.25, 0.3) is 0 Å². The van der Waals surface area contributed by atoms with Crippen LogP contribution in [0.3, 0.4) is 0 Å². The van der Waals surface area contributed by atoms with Gasteiger partial charge in [-0.05, 0) is 18.9 Å². The van der Waals surface area contributed by atoms with E-state index in [0.717, 1.165) is 37.6 Å². The molecule has 0 aliphatic carbocycles. The molecule has 1 aliphatic heterocycles. The minimum absolute atomic E-state index is 0.414. The average Bonchev–Trinajstić information content (AvgIpc) is 2.97. The van der Waals surface area contributed by atoms with Gasteiger partial charge in [0, 0.05) is 25.7 Å². The summed E-state index contributed by atoms with van der Waals surface area (Å²) in [5, 5.41) is 4.50. The molecule has 1 unspecified atom stereocenters. The van der Waals surface area contributed by atoms with E-state index in [9.17, 15) is 0 Å². The number of rotatable bonds is 3. The van der Waals surface area contributed by atoms with E-state index in [0.29, 0.717) is 6.04 Å². The highest BCUT2D eigenvalue weighted by molar-refractivity contribution is 5.31. The van der Waals surface area contributed by atoms with Gasteiger partial charge in [0.05, 0.1) is 11.7 Å². The molecule has 1 atom stereocenters. The lowest BCUT2D eigenvalue weighted by Gasteiger charge is -2.16. The Hall–Kier alpha value is -1.81. The molecular formula is C15H20N4. The molecule has 2 N–H and O–H groups in total. The van der Waals surface area contributed by atoms with Crippen LogP contribution in [0.15, 0.2) is 36.4 Å². The zero-order valence-electron chi connectivity index (χ0n) is 11.3. The largest absolute Gasteiger partial charge is 0.384 e. The van der Waals surface area contributed by atoms with Gasteiger partial charge in [0.15, 0.2) is 0 Å². The van der Waals surface area contributed by atoms with Gasteiger partial charge in [-0.3, -0.25) is 4.90 Å². The Morgan fingerprint density at radius 2 is 2.11 bits per heavy atom. The zero-order chi connectivity index (χ0) is 13.2. The number of nitrogens with two attached hydrogens (primary N) is 1. The maximum Gasteiger partial charge on any atom is 0.122 e. The number of aromatic nitrogens is 2.